The minimum Gasteiger partial charge on any atom is -0.314 e. The fourth-order valence-electron chi connectivity index (χ4n) is 2.89. The van der Waals surface area contributed by atoms with Gasteiger partial charge < -0.3 is 4.90 Å². The van der Waals surface area contributed by atoms with Crippen LogP contribution in [0.3, 0.4) is 0 Å². The first-order valence-corrected chi connectivity index (χ1v) is 6.66. The molecule has 2 N–H and O–H groups in total. The highest BCUT2D eigenvalue weighted by molar-refractivity contribution is 5.79. The van der Waals surface area contributed by atoms with Crippen LogP contribution >= 0.6 is 0 Å². The van der Waals surface area contributed by atoms with E-state index >= 15 is 0 Å². The number of nitrogens with two attached hydrogens (primary N) is 1. The molecule has 1 aliphatic heterocycles. The average Bonchev–Trinajstić information content (AvgIpc) is 2.40. The minimum atomic E-state index is -0.00319. The van der Waals surface area contributed by atoms with E-state index in [1.807, 2.05) is 4.90 Å². The lowest BCUT2D eigenvalue weighted by atomic mass is 9.90. The van der Waals surface area contributed by atoms with E-state index in [0.717, 1.165) is 19.4 Å². The van der Waals surface area contributed by atoms with Gasteiger partial charge >= 0.3 is 0 Å². The molecule has 2 aliphatic rings. The maximum atomic E-state index is 11.9. The van der Waals surface area contributed by atoms with Gasteiger partial charge in [0.05, 0.1) is 0 Å². The Balaban J connectivity index is 2.13. The maximum absolute atomic E-state index is 11.9. The van der Waals surface area contributed by atoms with Gasteiger partial charge in [-0.3, -0.25) is 9.63 Å². The molecule has 0 atom stereocenters. The van der Waals surface area contributed by atoms with E-state index in [9.17, 15) is 4.79 Å². The van der Waals surface area contributed by atoms with E-state index in [0.29, 0.717) is 0 Å². The van der Waals surface area contributed by atoms with Crippen LogP contribution in [0.1, 0.15) is 51.4 Å². The standard InChI is InChI=1S/C13H22N2O2/c14-17-10-13(16)15-9-5-4-8-12(15)11-6-2-1-3-7-11/h1-10,14H2. The Morgan fingerprint density at radius 3 is 2.53 bits per heavy atom. The van der Waals surface area contributed by atoms with Crippen LogP contribution in [-0.4, -0.2) is 24.0 Å². The lowest BCUT2D eigenvalue weighted by Gasteiger charge is -2.33. The summed E-state index contributed by atoms with van der Waals surface area (Å²) in [5.41, 5.74) is 2.78. The van der Waals surface area contributed by atoms with E-state index in [1.54, 1.807) is 0 Å². The Morgan fingerprint density at radius 2 is 1.82 bits per heavy atom. The van der Waals surface area contributed by atoms with Crippen LogP contribution in [0, 0.1) is 0 Å². The molecular formula is C13H22N2O2. The van der Waals surface area contributed by atoms with E-state index in [2.05, 4.69) is 4.84 Å². The zero-order valence-corrected chi connectivity index (χ0v) is 10.4. The normalized spacial score (nSPS) is 21.8. The third-order valence-corrected chi connectivity index (χ3v) is 3.74. The van der Waals surface area contributed by atoms with E-state index < -0.39 is 0 Å². The van der Waals surface area contributed by atoms with Crippen molar-refractivity contribution in [3.05, 3.63) is 11.3 Å². The zero-order valence-electron chi connectivity index (χ0n) is 10.4. The second kappa shape index (κ2) is 6.17. The van der Waals surface area contributed by atoms with Crippen LogP contribution in [0.25, 0.3) is 0 Å². The number of hydrogen-bond donors (Lipinski definition) is 1. The fourth-order valence-corrected chi connectivity index (χ4v) is 2.89. The number of rotatable bonds is 2. The largest absolute Gasteiger partial charge is 0.314 e. The number of allylic oxidation sites excluding steroid dienone is 2. The number of carbonyl (C=O) groups excluding carboxylic acids is 1. The minimum absolute atomic E-state index is 0.00319. The topological polar surface area (TPSA) is 55.6 Å². The van der Waals surface area contributed by atoms with Crippen molar-refractivity contribution in [2.45, 2.75) is 51.4 Å². The lowest BCUT2D eigenvalue weighted by Crippen LogP contribution is -2.38. The van der Waals surface area contributed by atoms with Gasteiger partial charge in [0.2, 0.25) is 0 Å². The molecule has 0 aromatic rings. The van der Waals surface area contributed by atoms with Crippen LogP contribution in [0.4, 0.5) is 0 Å². The molecule has 4 nitrogen and oxygen atoms in total. The lowest BCUT2D eigenvalue weighted by molar-refractivity contribution is -0.135. The predicted molar refractivity (Wildman–Crippen MR) is 65.8 cm³/mol. The number of hydrogen-bond acceptors (Lipinski definition) is 3. The molecule has 1 amide bonds. The molecule has 1 heterocycles. The Hall–Kier alpha value is -0.870. The van der Waals surface area contributed by atoms with Gasteiger partial charge in [-0.15, -0.1) is 0 Å². The zero-order chi connectivity index (χ0) is 12.1. The van der Waals surface area contributed by atoms with Gasteiger partial charge in [-0.25, -0.2) is 5.90 Å². The molecule has 0 spiro atoms. The van der Waals surface area contributed by atoms with Crippen molar-refractivity contribution in [2.24, 2.45) is 5.90 Å². The Labute approximate surface area is 103 Å². The number of carbonyl (C=O) groups is 1. The number of piperidine rings is 1. The first kappa shape index (κ1) is 12.6. The molecule has 96 valence electrons. The van der Waals surface area contributed by atoms with Gasteiger partial charge in [-0.2, -0.15) is 0 Å². The van der Waals surface area contributed by atoms with Crippen LogP contribution < -0.4 is 5.90 Å². The highest BCUT2D eigenvalue weighted by atomic mass is 16.6. The van der Waals surface area contributed by atoms with E-state index in [4.69, 9.17) is 5.90 Å². The number of amides is 1. The summed E-state index contributed by atoms with van der Waals surface area (Å²) in [5.74, 6) is 5.01. The van der Waals surface area contributed by atoms with Gasteiger partial charge in [-0.05, 0) is 44.9 Å². The number of likely N-dealkylation sites (tertiary alicyclic amines) is 1. The van der Waals surface area contributed by atoms with Crippen LogP contribution in [-0.2, 0) is 9.63 Å². The summed E-state index contributed by atoms with van der Waals surface area (Å²) in [6.45, 7) is 0.831. The summed E-state index contributed by atoms with van der Waals surface area (Å²) >= 11 is 0. The van der Waals surface area contributed by atoms with Crippen molar-refractivity contribution in [1.82, 2.24) is 4.90 Å². The highest BCUT2D eigenvalue weighted by Crippen LogP contribution is 2.32. The van der Waals surface area contributed by atoms with Crippen molar-refractivity contribution in [2.75, 3.05) is 13.2 Å². The molecule has 1 aliphatic carbocycles. The van der Waals surface area contributed by atoms with Gasteiger partial charge in [0, 0.05) is 12.2 Å². The molecule has 4 heteroatoms. The SMILES string of the molecule is NOCC(=O)N1CCCCC1=C1CCCCC1. The third kappa shape index (κ3) is 3.07. The van der Waals surface area contributed by atoms with Gasteiger partial charge in [0.1, 0.15) is 6.61 Å². The van der Waals surface area contributed by atoms with Crippen molar-refractivity contribution in [3.63, 3.8) is 0 Å². The summed E-state index contributed by atoms with van der Waals surface area (Å²) in [6.07, 6.45) is 9.55. The van der Waals surface area contributed by atoms with Crippen molar-refractivity contribution in [1.29, 1.82) is 0 Å². The summed E-state index contributed by atoms with van der Waals surface area (Å²) in [6, 6.07) is 0. The molecule has 1 saturated heterocycles. The van der Waals surface area contributed by atoms with Crippen LogP contribution in [0.2, 0.25) is 0 Å². The molecule has 0 unspecified atom stereocenters. The van der Waals surface area contributed by atoms with E-state index in [1.165, 1.54) is 49.8 Å². The van der Waals surface area contributed by atoms with E-state index in [-0.39, 0.29) is 12.5 Å². The average molecular weight is 238 g/mol. The smallest absolute Gasteiger partial charge is 0.254 e. The van der Waals surface area contributed by atoms with Crippen molar-refractivity contribution >= 4 is 5.91 Å². The molecule has 2 fully saturated rings. The molecule has 0 aromatic heterocycles. The number of nitrogens with zero attached hydrogens (tertiary/aromatic N) is 1. The highest BCUT2D eigenvalue weighted by Gasteiger charge is 2.24. The first-order valence-electron chi connectivity index (χ1n) is 6.66. The predicted octanol–water partition coefficient (Wildman–Crippen LogP) is 2.11. The third-order valence-electron chi connectivity index (χ3n) is 3.74. The molecule has 2 rings (SSSR count). The van der Waals surface area contributed by atoms with Crippen LogP contribution in [0.5, 0.6) is 0 Å². The van der Waals surface area contributed by atoms with Gasteiger partial charge in [-0.1, -0.05) is 12.0 Å². The fraction of sp³-hybridized carbons (Fsp3) is 0.769. The Bertz CT molecular complexity index is 305. The molecule has 0 radical (unpaired) electrons. The summed E-state index contributed by atoms with van der Waals surface area (Å²) < 4.78 is 0. The molecule has 17 heavy (non-hydrogen) atoms. The van der Waals surface area contributed by atoms with Crippen LogP contribution in [0.15, 0.2) is 11.3 Å². The molecule has 1 saturated carbocycles. The first-order chi connectivity index (χ1) is 8.33. The van der Waals surface area contributed by atoms with Crippen molar-refractivity contribution in [3.8, 4) is 0 Å². The molecule has 0 bridgehead atoms. The second-order valence-electron chi connectivity index (χ2n) is 4.92. The summed E-state index contributed by atoms with van der Waals surface area (Å²) in [4.78, 5) is 18.3. The van der Waals surface area contributed by atoms with Gasteiger partial charge in [0.25, 0.3) is 5.91 Å². The summed E-state index contributed by atoms with van der Waals surface area (Å²) in [5, 5.41) is 0. The maximum Gasteiger partial charge on any atom is 0.254 e. The monoisotopic (exact) mass is 238 g/mol. The van der Waals surface area contributed by atoms with Gasteiger partial charge in [0.15, 0.2) is 0 Å². The Kier molecular flexibility index (Phi) is 4.57. The quantitative estimate of drug-likeness (QED) is 0.750. The second-order valence-corrected chi connectivity index (χ2v) is 4.92. The molecular weight excluding hydrogens is 216 g/mol. The summed E-state index contributed by atoms with van der Waals surface area (Å²) in [7, 11) is 0. The Morgan fingerprint density at radius 1 is 1.12 bits per heavy atom. The molecule has 0 aromatic carbocycles. The van der Waals surface area contributed by atoms with Crippen molar-refractivity contribution < 1.29 is 9.63 Å².